The summed E-state index contributed by atoms with van der Waals surface area (Å²) < 4.78 is 40.5. The molecule has 10 heteroatoms. The molecule has 0 bridgehead atoms. The Morgan fingerprint density at radius 3 is 2.38 bits per heavy atom. The lowest BCUT2D eigenvalue weighted by Gasteiger charge is -2.36. The number of nitrogens with two attached hydrogens (primary N) is 1. The number of carbonyl (C=O) groups excluding carboxylic acids is 2. The van der Waals surface area contributed by atoms with Gasteiger partial charge in [0.25, 0.3) is 5.91 Å². The molecule has 1 fully saturated rings. The fraction of sp³-hybridized carbons (Fsp3) is 0.364. The number of amides is 2. The molecular formula is C22H25F3N4O3. The van der Waals surface area contributed by atoms with Gasteiger partial charge in [-0.3, -0.25) is 14.5 Å². The van der Waals surface area contributed by atoms with Gasteiger partial charge in [0.2, 0.25) is 5.91 Å². The van der Waals surface area contributed by atoms with E-state index in [1.54, 1.807) is 24.0 Å². The van der Waals surface area contributed by atoms with Crippen LogP contribution in [0.5, 0.6) is 0 Å². The monoisotopic (exact) mass is 450 g/mol. The number of aliphatic hydroxyl groups is 1. The third kappa shape index (κ3) is 5.57. The summed E-state index contributed by atoms with van der Waals surface area (Å²) in [6.45, 7) is 4.35. The van der Waals surface area contributed by atoms with Gasteiger partial charge in [0, 0.05) is 55.2 Å². The first-order chi connectivity index (χ1) is 15.1. The van der Waals surface area contributed by atoms with Crippen molar-refractivity contribution in [3.05, 3.63) is 58.7 Å². The van der Waals surface area contributed by atoms with Crippen molar-refractivity contribution >= 4 is 23.2 Å². The molecule has 2 aromatic carbocycles. The molecular weight excluding hydrogens is 425 g/mol. The number of anilines is 2. The fourth-order valence-corrected chi connectivity index (χ4v) is 3.63. The van der Waals surface area contributed by atoms with E-state index in [0.29, 0.717) is 44.0 Å². The smallest absolute Gasteiger partial charge is 0.395 e. The van der Waals surface area contributed by atoms with Gasteiger partial charge in [0.15, 0.2) is 0 Å². The van der Waals surface area contributed by atoms with Crippen LogP contribution in [-0.2, 0) is 6.18 Å². The Morgan fingerprint density at radius 1 is 1.09 bits per heavy atom. The Hall–Kier alpha value is -3.11. The maximum absolute atomic E-state index is 13.5. The lowest BCUT2D eigenvalue weighted by molar-refractivity contribution is -0.137. The molecule has 32 heavy (non-hydrogen) atoms. The molecule has 0 aliphatic carbocycles. The lowest BCUT2D eigenvalue weighted by Crippen LogP contribution is -2.47. The second-order valence-electron chi connectivity index (χ2n) is 7.67. The third-order valence-electron chi connectivity index (χ3n) is 5.42. The molecule has 172 valence electrons. The molecule has 7 nitrogen and oxygen atoms in total. The van der Waals surface area contributed by atoms with Gasteiger partial charge in [-0.25, -0.2) is 0 Å². The molecule has 1 aliphatic heterocycles. The number of carbonyl (C=O) groups is 2. The molecule has 1 saturated heterocycles. The van der Waals surface area contributed by atoms with Gasteiger partial charge in [-0.1, -0.05) is 6.07 Å². The number of piperazine rings is 1. The number of halogens is 3. The van der Waals surface area contributed by atoms with Crippen LogP contribution in [0.25, 0.3) is 0 Å². The first-order valence-corrected chi connectivity index (χ1v) is 10.1. The molecule has 4 N–H and O–H groups in total. The molecule has 2 amide bonds. The van der Waals surface area contributed by atoms with Crippen molar-refractivity contribution in [3.63, 3.8) is 0 Å². The Labute approximate surface area is 183 Å². The van der Waals surface area contributed by atoms with Gasteiger partial charge < -0.3 is 21.1 Å². The van der Waals surface area contributed by atoms with E-state index in [-0.39, 0.29) is 23.4 Å². The highest BCUT2D eigenvalue weighted by molar-refractivity contribution is 6.06. The molecule has 3 rings (SSSR count). The first kappa shape index (κ1) is 23.6. The minimum Gasteiger partial charge on any atom is -0.395 e. The molecule has 1 heterocycles. The minimum atomic E-state index is -4.62. The normalized spacial score (nSPS) is 15.0. The average Bonchev–Trinajstić information content (AvgIpc) is 2.74. The van der Waals surface area contributed by atoms with Crippen LogP contribution < -0.4 is 16.0 Å². The van der Waals surface area contributed by atoms with Crippen LogP contribution in [0.2, 0.25) is 0 Å². The summed E-state index contributed by atoms with van der Waals surface area (Å²) >= 11 is 0. The van der Waals surface area contributed by atoms with E-state index in [1.807, 2.05) is 4.90 Å². The molecule has 0 radical (unpaired) electrons. The number of hydrogen-bond acceptors (Lipinski definition) is 5. The summed E-state index contributed by atoms with van der Waals surface area (Å²) in [6.07, 6.45) is -4.62. The van der Waals surface area contributed by atoms with Crippen LogP contribution in [-0.4, -0.2) is 61.2 Å². The molecule has 0 saturated carbocycles. The fourth-order valence-electron chi connectivity index (χ4n) is 3.63. The van der Waals surface area contributed by atoms with Gasteiger partial charge >= 0.3 is 6.18 Å². The highest BCUT2D eigenvalue weighted by Crippen LogP contribution is 2.33. The van der Waals surface area contributed by atoms with Crippen LogP contribution in [0.1, 0.15) is 31.8 Å². The van der Waals surface area contributed by atoms with Crippen molar-refractivity contribution in [2.24, 2.45) is 5.73 Å². The number of benzene rings is 2. The molecule has 0 atom stereocenters. The summed E-state index contributed by atoms with van der Waals surface area (Å²) in [5.41, 5.74) is 5.66. The molecule has 2 aromatic rings. The summed E-state index contributed by atoms with van der Waals surface area (Å²) in [4.78, 5) is 28.1. The summed E-state index contributed by atoms with van der Waals surface area (Å²) in [5.74, 6) is -1.39. The number of rotatable bonds is 6. The van der Waals surface area contributed by atoms with E-state index in [4.69, 9.17) is 10.8 Å². The zero-order valence-corrected chi connectivity index (χ0v) is 17.6. The van der Waals surface area contributed by atoms with Gasteiger partial charge in [-0.05, 0) is 42.8 Å². The second kappa shape index (κ2) is 9.58. The maximum Gasteiger partial charge on any atom is 0.416 e. The van der Waals surface area contributed by atoms with Gasteiger partial charge in [0.1, 0.15) is 0 Å². The Balaban J connectivity index is 1.87. The second-order valence-corrected chi connectivity index (χ2v) is 7.67. The predicted molar refractivity (Wildman–Crippen MR) is 115 cm³/mol. The van der Waals surface area contributed by atoms with E-state index < -0.39 is 23.6 Å². The first-order valence-electron chi connectivity index (χ1n) is 10.1. The zero-order chi connectivity index (χ0) is 23.5. The number of nitrogens with one attached hydrogen (secondary N) is 1. The zero-order valence-electron chi connectivity index (χ0n) is 17.6. The number of primary amides is 1. The van der Waals surface area contributed by atoms with Crippen molar-refractivity contribution in [2.45, 2.75) is 13.1 Å². The topological polar surface area (TPSA) is 98.9 Å². The largest absolute Gasteiger partial charge is 0.416 e. The highest BCUT2D eigenvalue weighted by Gasteiger charge is 2.32. The van der Waals surface area contributed by atoms with Crippen LogP contribution in [0, 0.1) is 6.92 Å². The minimum absolute atomic E-state index is 0.0182. The molecule has 0 unspecified atom stereocenters. The van der Waals surface area contributed by atoms with Crippen LogP contribution in [0.4, 0.5) is 24.5 Å². The average molecular weight is 450 g/mol. The molecule has 0 spiro atoms. The van der Waals surface area contributed by atoms with E-state index >= 15 is 0 Å². The van der Waals surface area contributed by atoms with E-state index in [2.05, 4.69) is 5.32 Å². The summed E-state index contributed by atoms with van der Waals surface area (Å²) in [7, 11) is 0. The summed E-state index contributed by atoms with van der Waals surface area (Å²) in [5, 5.41) is 11.6. The van der Waals surface area contributed by atoms with E-state index in [1.165, 1.54) is 12.1 Å². The van der Waals surface area contributed by atoms with Gasteiger partial charge in [-0.2, -0.15) is 13.2 Å². The van der Waals surface area contributed by atoms with Gasteiger partial charge in [0.05, 0.1) is 12.2 Å². The predicted octanol–water partition coefficient (Wildman–Crippen LogP) is 2.48. The number of nitrogens with zero attached hydrogens (tertiary/aromatic N) is 2. The third-order valence-corrected chi connectivity index (χ3v) is 5.42. The van der Waals surface area contributed by atoms with Gasteiger partial charge in [-0.15, -0.1) is 0 Å². The van der Waals surface area contributed by atoms with Crippen molar-refractivity contribution in [2.75, 3.05) is 49.5 Å². The van der Waals surface area contributed by atoms with Crippen LogP contribution in [0.3, 0.4) is 0 Å². The quantitative estimate of drug-likeness (QED) is 0.628. The van der Waals surface area contributed by atoms with Crippen molar-refractivity contribution in [1.29, 1.82) is 0 Å². The SMILES string of the molecule is Cc1ccc(NC(=O)c2cc(N3CCN(CCO)CC3)cc(C(F)(F)F)c2)cc1C(N)=O. The maximum atomic E-state index is 13.5. The highest BCUT2D eigenvalue weighted by atomic mass is 19.4. The molecule has 1 aliphatic rings. The Kier molecular flexibility index (Phi) is 7.05. The number of hydrogen-bond donors (Lipinski definition) is 3. The molecule has 0 aromatic heterocycles. The number of aryl methyl sites for hydroxylation is 1. The Bertz CT molecular complexity index is 1000. The summed E-state index contributed by atoms with van der Waals surface area (Å²) in [6, 6.07) is 7.81. The van der Waals surface area contributed by atoms with Crippen molar-refractivity contribution < 1.29 is 27.9 Å². The van der Waals surface area contributed by atoms with Crippen LogP contribution >= 0.6 is 0 Å². The van der Waals surface area contributed by atoms with Crippen molar-refractivity contribution in [1.82, 2.24) is 4.90 Å². The Morgan fingerprint density at radius 2 is 1.78 bits per heavy atom. The number of aliphatic hydroxyl groups excluding tert-OH is 1. The standard InChI is InChI=1S/C22H25F3N4O3/c1-14-2-3-17(13-19(14)20(26)31)27-21(32)15-10-16(22(23,24)25)12-18(11-15)29-6-4-28(5-7-29)8-9-30/h2-3,10-13,30H,4-9H2,1H3,(H2,26,31)(H,27,32). The number of alkyl halides is 3. The van der Waals surface area contributed by atoms with Crippen LogP contribution in [0.15, 0.2) is 36.4 Å². The van der Waals surface area contributed by atoms with E-state index in [0.717, 1.165) is 12.1 Å². The number of β-amino-alcohol motifs (C(OH)–C–C–N with tert-alkyl or cyclic N) is 1. The van der Waals surface area contributed by atoms with E-state index in [9.17, 15) is 22.8 Å². The van der Waals surface area contributed by atoms with Crippen molar-refractivity contribution in [3.8, 4) is 0 Å². The lowest BCUT2D eigenvalue weighted by atomic mass is 10.1.